The van der Waals surface area contributed by atoms with Crippen LogP contribution in [0.2, 0.25) is 10.0 Å². The molecule has 55 heavy (non-hydrogen) atoms. The summed E-state index contributed by atoms with van der Waals surface area (Å²) in [6.07, 6.45) is -0.191. The van der Waals surface area contributed by atoms with Gasteiger partial charge < -0.3 is 29.2 Å². The Morgan fingerprint density at radius 1 is 1.07 bits per heavy atom. The van der Waals surface area contributed by atoms with Crippen LogP contribution in [-0.2, 0) is 48.3 Å². The first kappa shape index (κ1) is 39.9. The van der Waals surface area contributed by atoms with Gasteiger partial charge in [0, 0.05) is 49.4 Å². The number of benzene rings is 3. The summed E-state index contributed by atoms with van der Waals surface area (Å²) in [5.74, 6) is -2.90. The van der Waals surface area contributed by atoms with Crippen molar-refractivity contribution in [2.24, 2.45) is 0 Å². The molecule has 0 aliphatic carbocycles. The summed E-state index contributed by atoms with van der Waals surface area (Å²) in [7, 11) is -3.63. The van der Waals surface area contributed by atoms with Crippen molar-refractivity contribution in [3.05, 3.63) is 98.7 Å². The molecule has 4 unspecified atom stereocenters. The van der Waals surface area contributed by atoms with Crippen molar-refractivity contribution >= 4 is 85.6 Å². The molecule has 3 heterocycles. The number of sulfone groups is 1. The Labute approximate surface area is 329 Å². The monoisotopic (exact) mass is 831 g/mol. The lowest BCUT2D eigenvalue weighted by molar-refractivity contribution is -0.188. The van der Waals surface area contributed by atoms with Gasteiger partial charge in [0.2, 0.25) is 6.29 Å². The number of nitrogens with zero attached hydrogens (tertiary/aromatic N) is 2. The van der Waals surface area contributed by atoms with E-state index in [1.807, 2.05) is 0 Å². The molecule has 2 N–H and O–H groups in total. The van der Waals surface area contributed by atoms with Gasteiger partial charge in [0.25, 0.3) is 11.8 Å². The number of carbonyl (C=O) groups excluding carboxylic acids is 4. The van der Waals surface area contributed by atoms with Crippen molar-refractivity contribution in [1.29, 1.82) is 0 Å². The zero-order chi connectivity index (χ0) is 39.8. The van der Waals surface area contributed by atoms with Crippen molar-refractivity contribution in [3.63, 3.8) is 0 Å². The van der Waals surface area contributed by atoms with Crippen LogP contribution in [0.5, 0.6) is 0 Å². The van der Waals surface area contributed by atoms with E-state index in [1.54, 1.807) is 54.5 Å². The predicted molar refractivity (Wildman–Crippen MR) is 203 cm³/mol. The fraction of sp³-hybridized carbons (Fsp3) is 0.324. The molecule has 290 valence electrons. The molecule has 0 radical (unpaired) electrons. The van der Waals surface area contributed by atoms with Crippen molar-refractivity contribution in [2.45, 2.75) is 61.9 Å². The summed E-state index contributed by atoms with van der Waals surface area (Å²) >= 11 is 14.7. The molecular formula is C37H35Cl2N3O11S2. The van der Waals surface area contributed by atoms with Crippen molar-refractivity contribution in [1.82, 2.24) is 15.1 Å². The number of fused-ring (bicyclic) bond motifs is 2. The van der Waals surface area contributed by atoms with Gasteiger partial charge >= 0.3 is 18.0 Å². The number of nitrogens with one attached hydrogen (secondary N) is 1. The molecule has 0 bridgehead atoms. The lowest BCUT2D eigenvalue weighted by Gasteiger charge is -2.30. The molecule has 2 aliphatic rings. The third-order valence-electron chi connectivity index (χ3n) is 9.26. The van der Waals surface area contributed by atoms with E-state index in [1.165, 1.54) is 36.9 Å². The highest BCUT2D eigenvalue weighted by atomic mass is 35.5. The number of rotatable bonds is 10. The van der Waals surface area contributed by atoms with E-state index < -0.39 is 57.5 Å². The highest BCUT2D eigenvalue weighted by Gasteiger charge is 2.41. The van der Waals surface area contributed by atoms with E-state index in [2.05, 4.69) is 5.32 Å². The highest BCUT2D eigenvalue weighted by Crippen LogP contribution is 2.35. The van der Waals surface area contributed by atoms with Crippen molar-refractivity contribution in [3.8, 4) is 0 Å². The summed E-state index contributed by atoms with van der Waals surface area (Å²) < 4.78 is 40.7. The molecule has 1 fully saturated rings. The van der Waals surface area contributed by atoms with Crippen LogP contribution in [0.15, 0.2) is 70.2 Å². The maximum atomic E-state index is 13.9. The summed E-state index contributed by atoms with van der Waals surface area (Å²) in [5.41, 5.74) is 2.47. The molecule has 0 saturated carbocycles. The van der Waals surface area contributed by atoms with Gasteiger partial charge in [-0.3, -0.25) is 14.5 Å². The van der Waals surface area contributed by atoms with Gasteiger partial charge in [-0.25, -0.2) is 22.8 Å². The second-order valence-corrected chi connectivity index (χ2v) is 17.2. The lowest BCUT2D eigenvalue weighted by atomic mass is 9.95. The first-order chi connectivity index (χ1) is 26.0. The second kappa shape index (κ2) is 16.1. The average molecular weight is 833 g/mol. The number of ether oxygens (including phenoxy) is 2. The molecule has 18 heteroatoms. The predicted octanol–water partition coefficient (Wildman–Crippen LogP) is 5.56. The maximum Gasteiger partial charge on any atom is 0.408 e. The van der Waals surface area contributed by atoms with Crippen LogP contribution >= 0.6 is 35.0 Å². The molecular weight excluding hydrogens is 797 g/mol. The Morgan fingerprint density at radius 3 is 2.56 bits per heavy atom. The Morgan fingerprint density at radius 2 is 1.84 bits per heavy atom. The molecule has 14 nitrogen and oxygen atoms in total. The van der Waals surface area contributed by atoms with Crippen LogP contribution < -0.4 is 5.32 Å². The molecule has 3 aromatic carbocycles. The standard InChI is InChI=1S/C37H35Cl2N3O11S2/c1-19-42(37(47)48)29(18-54-19)36(46)53-20(2)52-35(45)28(14-21-5-4-6-25(13-21)55(3,49)50)40-33(43)31-27(38)15-24-17-41(11-9-26(24)32(31)39)34(44)23-8-7-22-10-12-51-30(22)16-23/h4-8,10,12-13,15-16,19-20,28-29H,9,11,14,17-18H2,1-3H3,(H,40,43)(H,47,48). The van der Waals surface area contributed by atoms with E-state index in [4.69, 9.17) is 37.1 Å². The fourth-order valence-corrected chi connectivity index (χ4v) is 9.10. The first-order valence-electron chi connectivity index (χ1n) is 16.9. The van der Waals surface area contributed by atoms with Gasteiger partial charge in [-0.05, 0) is 66.4 Å². The Kier molecular flexibility index (Phi) is 11.7. The van der Waals surface area contributed by atoms with E-state index in [0.717, 1.165) is 16.5 Å². The number of furan rings is 1. The van der Waals surface area contributed by atoms with Crippen LogP contribution in [0.1, 0.15) is 51.3 Å². The smallest absolute Gasteiger partial charge is 0.408 e. The summed E-state index contributed by atoms with van der Waals surface area (Å²) in [6, 6.07) is 11.7. The summed E-state index contributed by atoms with van der Waals surface area (Å²) in [6.45, 7) is 3.34. The quantitative estimate of drug-likeness (QED) is 0.150. The minimum atomic E-state index is -3.63. The van der Waals surface area contributed by atoms with Crippen LogP contribution in [0.3, 0.4) is 0 Å². The van der Waals surface area contributed by atoms with Crippen LogP contribution in [0, 0.1) is 0 Å². The highest BCUT2D eigenvalue weighted by molar-refractivity contribution is 8.00. The van der Waals surface area contributed by atoms with Gasteiger partial charge in [0.15, 0.2) is 9.84 Å². The average Bonchev–Trinajstić information content (AvgIpc) is 3.76. The van der Waals surface area contributed by atoms with Crippen molar-refractivity contribution in [2.75, 3.05) is 18.6 Å². The lowest BCUT2D eigenvalue weighted by Crippen LogP contribution is -2.47. The third kappa shape index (κ3) is 8.72. The number of carbonyl (C=O) groups is 5. The Hall–Kier alpha value is -4.77. The number of hydrogen-bond donors (Lipinski definition) is 2. The largest absolute Gasteiger partial charge is 0.465 e. The van der Waals surface area contributed by atoms with E-state index in [9.17, 15) is 37.5 Å². The fourth-order valence-electron chi connectivity index (χ4n) is 6.49. The number of amides is 3. The SMILES string of the molecule is CC(OC(=O)C(Cc1cccc(S(C)(=O)=O)c1)NC(=O)c1c(Cl)cc2c(c1Cl)CCN(C(=O)c1ccc3ccoc3c1)C2)OC(=O)C1CSC(C)N1C(=O)O. The minimum absolute atomic E-state index is 0.0211. The number of hydrogen-bond acceptors (Lipinski definition) is 11. The maximum absolute atomic E-state index is 13.9. The van der Waals surface area contributed by atoms with Gasteiger partial charge in [-0.1, -0.05) is 41.4 Å². The Bertz CT molecular complexity index is 2320. The molecule has 0 spiro atoms. The van der Waals surface area contributed by atoms with Crippen LogP contribution in [0.4, 0.5) is 4.79 Å². The van der Waals surface area contributed by atoms with E-state index in [-0.39, 0.29) is 51.7 Å². The topological polar surface area (TPSA) is 190 Å². The molecule has 1 saturated heterocycles. The van der Waals surface area contributed by atoms with E-state index in [0.29, 0.717) is 34.3 Å². The van der Waals surface area contributed by atoms with E-state index >= 15 is 0 Å². The van der Waals surface area contributed by atoms with Gasteiger partial charge in [0.05, 0.1) is 32.1 Å². The minimum Gasteiger partial charge on any atom is -0.465 e. The summed E-state index contributed by atoms with van der Waals surface area (Å²) in [5, 5.41) is 12.5. The zero-order valence-electron chi connectivity index (χ0n) is 29.6. The third-order valence-corrected chi connectivity index (χ3v) is 12.3. The zero-order valence-corrected chi connectivity index (χ0v) is 32.8. The van der Waals surface area contributed by atoms with Gasteiger partial charge in [0.1, 0.15) is 17.7 Å². The number of thioether (sulfide) groups is 1. The van der Waals surface area contributed by atoms with Crippen LogP contribution in [-0.4, -0.2) is 95.5 Å². The molecule has 6 rings (SSSR count). The van der Waals surface area contributed by atoms with Crippen LogP contribution in [0.25, 0.3) is 11.0 Å². The first-order valence-corrected chi connectivity index (χ1v) is 20.6. The molecule has 3 amide bonds. The molecule has 1 aromatic heterocycles. The van der Waals surface area contributed by atoms with Gasteiger partial charge in [-0.15, -0.1) is 11.8 Å². The number of halogens is 2. The molecule has 4 aromatic rings. The number of esters is 2. The van der Waals surface area contributed by atoms with Crippen molar-refractivity contribution < 1.29 is 51.4 Å². The summed E-state index contributed by atoms with van der Waals surface area (Å²) in [4.78, 5) is 68.1. The molecule has 2 aliphatic heterocycles. The Balaban J connectivity index is 1.21. The second-order valence-electron chi connectivity index (χ2n) is 13.1. The van der Waals surface area contributed by atoms with Gasteiger partial charge in [-0.2, -0.15) is 0 Å². The normalized spacial score (nSPS) is 18.0. The number of carboxylic acid groups (broad SMARTS) is 1. The molecule has 4 atom stereocenters.